The Balaban J connectivity index is 0.000000208. The number of para-hydroxylation sites is 3. The second kappa shape index (κ2) is 14.2. The summed E-state index contributed by atoms with van der Waals surface area (Å²) in [6.45, 7) is 0. The molecule has 0 aliphatic rings. The fourth-order valence-corrected chi connectivity index (χ4v) is 4.01. The second-order valence-electron chi connectivity index (χ2n) is 8.59. The molecule has 5 aromatic rings. The van der Waals surface area contributed by atoms with Crippen LogP contribution in [0.1, 0.15) is 0 Å². The van der Waals surface area contributed by atoms with E-state index in [1.165, 1.54) is 18.2 Å². The quantitative estimate of drug-likeness (QED) is 0.0879. The Morgan fingerprint density at radius 2 is 1.17 bits per heavy atom. The predicted octanol–water partition coefficient (Wildman–Crippen LogP) is 5.58. The molecule has 0 unspecified atom stereocenters. The number of hydrogen-bond donors (Lipinski definition) is 4. The Labute approximate surface area is 238 Å². The maximum absolute atomic E-state index is 11.0. The van der Waals surface area contributed by atoms with Crippen molar-refractivity contribution in [2.24, 2.45) is 16.0 Å². The molecule has 0 bridgehead atoms. The van der Waals surface area contributed by atoms with Crippen molar-refractivity contribution in [3.63, 3.8) is 0 Å². The van der Waals surface area contributed by atoms with Gasteiger partial charge in [0.15, 0.2) is 0 Å². The van der Waals surface area contributed by atoms with Gasteiger partial charge < -0.3 is 9.87 Å². The normalized spacial score (nSPS) is 11.4. The van der Waals surface area contributed by atoms with E-state index < -0.39 is 10.1 Å². The van der Waals surface area contributed by atoms with Gasteiger partial charge in [-0.25, -0.2) is 18.7 Å². The highest BCUT2D eigenvalue weighted by Gasteiger charge is 2.02. The van der Waals surface area contributed by atoms with E-state index in [4.69, 9.17) is 5.73 Å². The molecule has 0 radical (unpaired) electrons. The highest BCUT2D eigenvalue weighted by molar-refractivity contribution is 7.85. The molecule has 206 valence electrons. The van der Waals surface area contributed by atoms with Gasteiger partial charge in [0, 0.05) is 11.4 Å². The molecule has 0 amide bonds. The van der Waals surface area contributed by atoms with Gasteiger partial charge in [-0.2, -0.15) is 10.2 Å². The van der Waals surface area contributed by atoms with Crippen molar-refractivity contribution in [1.29, 1.82) is 0 Å². The monoisotopic (exact) mass is 564 g/mol. The zero-order valence-electron chi connectivity index (χ0n) is 21.9. The van der Waals surface area contributed by atoms with Gasteiger partial charge in [-0.3, -0.25) is 5.73 Å². The van der Waals surface area contributed by atoms with Crippen molar-refractivity contribution in [2.75, 3.05) is 10.6 Å². The van der Waals surface area contributed by atoms with Crippen LogP contribution in [0.25, 0.3) is 0 Å². The Kier molecular flexibility index (Phi) is 9.92. The van der Waals surface area contributed by atoms with Crippen LogP contribution in [0.15, 0.2) is 155 Å². The van der Waals surface area contributed by atoms with Gasteiger partial charge in [0.2, 0.25) is 0 Å². The standard InChI is InChI=1S/C18H15N3O3S.C13H13N3/c22-25(23,24)18-8-4-7-17(13-18)21-20-16-11-9-15(10-12-16)19-14-5-2-1-3-6-14;14-13(15-11-7-3-1-4-8-11)16-12-9-5-2-6-10-12/h1-13,19H,(H,22,23,24);1-10H,(H3,14,15,16). The molecule has 0 spiro atoms. The van der Waals surface area contributed by atoms with E-state index in [0.29, 0.717) is 17.3 Å². The Bertz CT molecular complexity index is 1700. The van der Waals surface area contributed by atoms with Crippen molar-refractivity contribution in [1.82, 2.24) is 0 Å². The lowest BCUT2D eigenvalue weighted by molar-refractivity contribution is -0.354. The summed E-state index contributed by atoms with van der Waals surface area (Å²) in [5.74, 6) is 0.511. The summed E-state index contributed by atoms with van der Waals surface area (Å²) >= 11 is 0. The van der Waals surface area contributed by atoms with Gasteiger partial charge in [-0.05, 0) is 78.9 Å². The maximum atomic E-state index is 11.0. The lowest BCUT2D eigenvalue weighted by Gasteiger charge is -2.06. The van der Waals surface area contributed by atoms with E-state index >= 15 is 0 Å². The van der Waals surface area contributed by atoms with Gasteiger partial charge in [-0.1, -0.05) is 60.7 Å². The summed E-state index contributed by atoms with van der Waals surface area (Å²) in [7, 11) is -4.50. The summed E-state index contributed by atoms with van der Waals surface area (Å²) in [4.78, 5) is 2.75. The first-order chi connectivity index (χ1) is 19.8. The molecule has 0 saturated heterocycles. The number of benzene rings is 5. The molecule has 5 N–H and O–H groups in total. The zero-order valence-corrected chi connectivity index (χ0v) is 22.7. The molecule has 0 heterocycles. The summed E-state index contributed by atoms with van der Waals surface area (Å²) in [5.41, 5.74) is 10.5. The zero-order chi connectivity index (χ0) is 28.9. The molecule has 0 atom stereocenters. The molecule has 0 fully saturated rings. The number of nitrogens with two attached hydrogens (primary N) is 1. The molecule has 0 aromatic heterocycles. The van der Waals surface area contributed by atoms with E-state index in [2.05, 4.69) is 25.9 Å². The second-order valence-corrected chi connectivity index (χ2v) is 9.96. The van der Waals surface area contributed by atoms with Crippen molar-refractivity contribution in [2.45, 2.75) is 4.90 Å². The van der Waals surface area contributed by atoms with Gasteiger partial charge in [0.25, 0.3) is 0 Å². The molecule has 10 heteroatoms. The van der Waals surface area contributed by atoms with Crippen molar-refractivity contribution < 1.29 is 18.0 Å². The minimum Gasteiger partial charge on any atom is -0.744 e. The van der Waals surface area contributed by atoms with Gasteiger partial charge in [0.05, 0.1) is 27.6 Å². The van der Waals surface area contributed by atoms with Crippen molar-refractivity contribution in [3.05, 3.63) is 140 Å². The Hall–Kier alpha value is -5.32. The number of nitrogens with zero attached hydrogens (tertiary/aromatic N) is 2. The van der Waals surface area contributed by atoms with Crippen LogP contribution in [0, 0.1) is 0 Å². The van der Waals surface area contributed by atoms with Crippen LogP contribution >= 0.6 is 0 Å². The number of anilines is 3. The number of guanidine groups is 1. The minimum atomic E-state index is -4.50. The smallest absolute Gasteiger partial charge is 0.350 e. The molecule has 0 saturated carbocycles. The molecular weight excluding hydrogens is 536 g/mol. The van der Waals surface area contributed by atoms with Crippen molar-refractivity contribution >= 4 is 50.2 Å². The average molecular weight is 565 g/mol. The summed E-state index contributed by atoms with van der Waals surface area (Å²) in [6, 6.07) is 42.1. The van der Waals surface area contributed by atoms with Crippen molar-refractivity contribution in [3.8, 4) is 0 Å². The Morgan fingerprint density at radius 1 is 0.634 bits per heavy atom. The molecule has 0 aliphatic heterocycles. The number of rotatable bonds is 7. The van der Waals surface area contributed by atoms with E-state index in [0.717, 1.165) is 22.7 Å². The van der Waals surface area contributed by atoms with Gasteiger partial charge >= 0.3 is 5.96 Å². The fraction of sp³-hybridized carbons (Fsp3) is 0. The third-order valence-electron chi connectivity index (χ3n) is 5.42. The van der Waals surface area contributed by atoms with Crippen LogP contribution < -0.4 is 21.4 Å². The van der Waals surface area contributed by atoms with Crippen LogP contribution in [0.4, 0.5) is 34.1 Å². The molecule has 0 aliphatic carbocycles. The predicted molar refractivity (Wildman–Crippen MR) is 161 cm³/mol. The number of hydrogen-bond acceptors (Lipinski definition) is 6. The van der Waals surface area contributed by atoms with E-state index in [9.17, 15) is 13.0 Å². The van der Waals surface area contributed by atoms with Crippen LogP contribution in [0.2, 0.25) is 0 Å². The van der Waals surface area contributed by atoms with Crippen LogP contribution in [-0.4, -0.2) is 18.9 Å². The highest BCUT2D eigenvalue weighted by Crippen LogP contribution is 2.23. The maximum Gasteiger partial charge on any atom is 0.350 e. The molecule has 5 aromatic carbocycles. The van der Waals surface area contributed by atoms with E-state index in [-0.39, 0.29) is 4.90 Å². The topological polar surface area (TPSA) is 146 Å². The third kappa shape index (κ3) is 9.74. The summed E-state index contributed by atoms with van der Waals surface area (Å²) < 4.78 is 33.0. The van der Waals surface area contributed by atoms with Crippen LogP contribution in [0.5, 0.6) is 0 Å². The van der Waals surface area contributed by atoms with Gasteiger partial charge in [0.1, 0.15) is 10.1 Å². The minimum absolute atomic E-state index is 0.295. The first-order valence-corrected chi connectivity index (χ1v) is 13.9. The third-order valence-corrected chi connectivity index (χ3v) is 6.25. The number of azo groups is 1. The van der Waals surface area contributed by atoms with Crippen LogP contribution in [0.3, 0.4) is 0 Å². The summed E-state index contributed by atoms with van der Waals surface area (Å²) in [5, 5.41) is 14.3. The van der Waals surface area contributed by atoms with Crippen LogP contribution in [-0.2, 0) is 10.1 Å². The molecule has 9 nitrogen and oxygen atoms in total. The molecule has 5 rings (SSSR count). The molecular formula is C31H28N6O3S. The highest BCUT2D eigenvalue weighted by atomic mass is 32.2. The van der Waals surface area contributed by atoms with E-state index in [1.807, 2.05) is 103 Å². The van der Waals surface area contributed by atoms with E-state index in [1.54, 1.807) is 18.2 Å². The lowest BCUT2D eigenvalue weighted by Crippen LogP contribution is -2.71. The first-order valence-electron chi connectivity index (χ1n) is 12.5. The van der Waals surface area contributed by atoms with Gasteiger partial charge in [-0.15, -0.1) is 0 Å². The lowest BCUT2D eigenvalue weighted by atomic mass is 10.2. The Morgan fingerprint density at radius 3 is 1.78 bits per heavy atom. The first kappa shape index (κ1) is 28.7. The largest absolute Gasteiger partial charge is 0.744 e. The average Bonchev–Trinajstić information content (AvgIpc) is 2.98. The number of nitrogens with one attached hydrogen (secondary N) is 3. The SMILES string of the molecule is NC(Nc1ccccc1)=[NH+]c1ccccc1.O=S(=O)([O-])c1cccc(N=Nc2ccc(Nc3ccccc3)cc2)c1. The fourth-order valence-electron chi connectivity index (χ4n) is 3.50. The molecule has 41 heavy (non-hydrogen) atoms. The summed E-state index contributed by atoms with van der Waals surface area (Å²) in [6.07, 6.45) is 0.